The van der Waals surface area contributed by atoms with Gasteiger partial charge in [-0.1, -0.05) is 92.6 Å². The Bertz CT molecular complexity index is 1640. The summed E-state index contributed by atoms with van der Waals surface area (Å²) in [4.78, 5) is 35.6. The van der Waals surface area contributed by atoms with Gasteiger partial charge in [0.2, 0.25) is 0 Å². The van der Waals surface area contributed by atoms with Crippen molar-refractivity contribution in [2.24, 2.45) is 0 Å². The van der Waals surface area contributed by atoms with E-state index in [-0.39, 0.29) is 68.7 Å². The summed E-state index contributed by atoms with van der Waals surface area (Å²) in [6.45, 7) is 0. The van der Waals surface area contributed by atoms with E-state index in [9.17, 15) is 35.9 Å². The van der Waals surface area contributed by atoms with E-state index in [1.54, 1.807) is 0 Å². The van der Waals surface area contributed by atoms with Crippen LogP contribution in [-0.4, -0.2) is 49.6 Å². The number of aromatic nitrogens is 4. The fourth-order valence-electron chi connectivity index (χ4n) is 2.62. The SMILES string of the molecule is COC(=O)c1sc(Sc2c(Cl)cncc2Cl)nc1C(F)(F)F.O=C(O)c1sc(Sc2c(Cl)cncc2Cl)nc1C(F)(F)F.[Na+].[OH-]. The number of carboxylic acids is 1. The zero-order valence-corrected chi connectivity index (χ0v) is 29.9. The maximum absolute atomic E-state index is 12.9. The number of methoxy groups -OCH3 is 1. The maximum atomic E-state index is 12.9. The Kier molecular flexibility index (Phi) is 16.2. The van der Waals surface area contributed by atoms with Gasteiger partial charge in [-0.3, -0.25) is 9.97 Å². The minimum absolute atomic E-state index is 0. The quantitative estimate of drug-likeness (QED) is 0.132. The summed E-state index contributed by atoms with van der Waals surface area (Å²) >= 11 is 26.0. The molecular formula is C21H9Cl4F6N4NaO5S4. The molecule has 0 aliphatic rings. The van der Waals surface area contributed by atoms with Crippen molar-refractivity contribution in [1.29, 1.82) is 0 Å². The number of esters is 1. The molecular weight excluding hydrogens is 795 g/mol. The number of rotatable bonds is 6. The molecule has 0 aliphatic heterocycles. The molecule has 0 spiro atoms. The molecule has 0 radical (unpaired) electrons. The molecule has 4 heterocycles. The van der Waals surface area contributed by atoms with Crippen LogP contribution in [0.4, 0.5) is 26.3 Å². The monoisotopic (exact) mass is 802 g/mol. The summed E-state index contributed by atoms with van der Waals surface area (Å²) in [6, 6.07) is 0. The minimum Gasteiger partial charge on any atom is -0.870 e. The number of alkyl halides is 6. The van der Waals surface area contributed by atoms with Gasteiger partial charge in [0.25, 0.3) is 0 Å². The Hall–Kier alpha value is -1.10. The molecule has 45 heavy (non-hydrogen) atoms. The molecule has 0 bridgehead atoms. The predicted molar refractivity (Wildman–Crippen MR) is 151 cm³/mol. The van der Waals surface area contributed by atoms with Crippen LogP contribution in [0.3, 0.4) is 0 Å². The molecule has 0 saturated heterocycles. The molecule has 0 aliphatic carbocycles. The van der Waals surface area contributed by atoms with E-state index in [2.05, 4.69) is 24.7 Å². The van der Waals surface area contributed by atoms with E-state index in [0.29, 0.717) is 27.6 Å². The minimum atomic E-state index is -4.85. The van der Waals surface area contributed by atoms with Crippen LogP contribution in [0.2, 0.25) is 20.1 Å². The van der Waals surface area contributed by atoms with Crippen LogP contribution >= 0.6 is 92.6 Å². The third kappa shape index (κ3) is 11.0. The van der Waals surface area contributed by atoms with Gasteiger partial charge in [-0.05, 0) is 0 Å². The number of pyridine rings is 2. The third-order valence-corrected chi connectivity index (χ3v) is 10.4. The van der Waals surface area contributed by atoms with Crippen LogP contribution in [0.1, 0.15) is 30.7 Å². The van der Waals surface area contributed by atoms with Crippen LogP contribution in [0, 0.1) is 0 Å². The zero-order valence-electron chi connectivity index (χ0n) is 21.6. The van der Waals surface area contributed by atoms with Gasteiger partial charge in [0.05, 0.1) is 37.0 Å². The fraction of sp³-hybridized carbons (Fsp3) is 0.143. The number of carbonyl (C=O) groups is 2. The second-order valence-electron chi connectivity index (χ2n) is 7.18. The number of nitrogens with zero attached hydrogens (tertiary/aromatic N) is 4. The molecule has 0 saturated carbocycles. The largest absolute Gasteiger partial charge is 1.00 e. The number of carbonyl (C=O) groups excluding carboxylic acids is 1. The number of hydrogen-bond acceptors (Lipinski definition) is 12. The summed E-state index contributed by atoms with van der Waals surface area (Å²) < 4.78 is 81.1. The molecule has 4 rings (SSSR count). The van der Waals surface area contributed by atoms with Gasteiger partial charge < -0.3 is 15.3 Å². The predicted octanol–water partition coefficient (Wildman–Crippen LogP) is 6.34. The molecule has 2 N–H and O–H groups in total. The van der Waals surface area contributed by atoms with E-state index in [1.807, 2.05) is 0 Å². The van der Waals surface area contributed by atoms with Crippen molar-refractivity contribution in [2.45, 2.75) is 30.8 Å². The average Bonchev–Trinajstić information content (AvgIpc) is 3.54. The number of thiazole rings is 2. The zero-order chi connectivity index (χ0) is 32.3. The molecule has 0 atom stereocenters. The summed E-state index contributed by atoms with van der Waals surface area (Å²) in [6.07, 6.45) is -4.48. The Labute approximate surface area is 306 Å². The molecule has 0 fully saturated rings. The van der Waals surface area contributed by atoms with Crippen molar-refractivity contribution in [3.63, 3.8) is 0 Å². The Balaban J connectivity index is 0.000000431. The molecule has 4 aromatic heterocycles. The topological polar surface area (TPSA) is 145 Å². The molecule has 4 aromatic rings. The van der Waals surface area contributed by atoms with Gasteiger partial charge in [-0.15, -0.1) is 0 Å². The number of aromatic carboxylic acids is 1. The number of ether oxygens (including phenoxy) is 1. The van der Waals surface area contributed by atoms with Crippen molar-refractivity contribution >= 4 is 105 Å². The Morgan fingerprint density at radius 3 is 1.38 bits per heavy atom. The molecule has 0 aromatic carbocycles. The standard InChI is InChI=1S/C11H5Cl2F3N2O2S2.C10H3Cl2F3N2O2S2.Na.H2O/c1-20-9(19)7-8(11(14,15)16)18-10(22-7)21-6-4(12)2-17-3-5(6)13;11-3-1-16-2-4(12)5(3)20-9-17-7(10(13,14)15)6(21-9)8(18)19;;/h2-3H,1H3;1-2H,(H,18,19);;1H2/q;;+1;/p-1. The normalized spacial score (nSPS) is 11.1. The Morgan fingerprint density at radius 1 is 0.756 bits per heavy atom. The van der Waals surface area contributed by atoms with E-state index < -0.39 is 45.4 Å². The second-order valence-corrected chi connectivity index (χ2v) is 13.3. The van der Waals surface area contributed by atoms with Crippen LogP contribution in [0.15, 0.2) is 43.3 Å². The van der Waals surface area contributed by atoms with Crippen LogP contribution in [-0.2, 0) is 17.1 Å². The first-order valence-electron chi connectivity index (χ1n) is 10.3. The van der Waals surface area contributed by atoms with Crippen molar-refractivity contribution in [3.05, 3.63) is 66.0 Å². The molecule has 0 unspecified atom stereocenters. The molecule has 9 nitrogen and oxygen atoms in total. The van der Waals surface area contributed by atoms with Gasteiger partial charge >= 0.3 is 53.8 Å². The van der Waals surface area contributed by atoms with E-state index >= 15 is 0 Å². The number of halogens is 10. The van der Waals surface area contributed by atoms with Crippen molar-refractivity contribution < 1.29 is 80.8 Å². The summed E-state index contributed by atoms with van der Waals surface area (Å²) in [5.74, 6) is -2.80. The second kappa shape index (κ2) is 17.3. The molecule has 0 amide bonds. The van der Waals surface area contributed by atoms with Crippen molar-refractivity contribution in [2.75, 3.05) is 7.11 Å². The maximum Gasteiger partial charge on any atom is 1.00 e. The smallest absolute Gasteiger partial charge is 0.870 e. The van der Waals surface area contributed by atoms with E-state index in [4.69, 9.17) is 51.5 Å². The Morgan fingerprint density at radius 2 is 1.09 bits per heavy atom. The summed E-state index contributed by atoms with van der Waals surface area (Å²) in [5, 5.41) is 9.42. The van der Waals surface area contributed by atoms with Crippen LogP contribution in [0.5, 0.6) is 0 Å². The van der Waals surface area contributed by atoms with Crippen LogP contribution < -0.4 is 29.6 Å². The first kappa shape index (κ1) is 41.9. The first-order chi connectivity index (χ1) is 19.9. The van der Waals surface area contributed by atoms with Gasteiger partial charge in [-0.25, -0.2) is 19.6 Å². The van der Waals surface area contributed by atoms with Crippen molar-refractivity contribution in [1.82, 2.24) is 19.9 Å². The number of carboxylic acid groups (broad SMARTS) is 1. The van der Waals surface area contributed by atoms with Gasteiger partial charge in [0.15, 0.2) is 20.1 Å². The van der Waals surface area contributed by atoms with Gasteiger partial charge in [0, 0.05) is 24.8 Å². The van der Waals surface area contributed by atoms with Gasteiger partial charge in [-0.2, -0.15) is 26.3 Å². The fourth-order valence-corrected chi connectivity index (χ4v) is 7.76. The number of hydrogen-bond donors (Lipinski definition) is 1. The van der Waals surface area contributed by atoms with Crippen molar-refractivity contribution in [3.8, 4) is 0 Å². The molecule has 24 heteroatoms. The molecule has 238 valence electrons. The third-order valence-electron chi connectivity index (χ3n) is 4.32. The van der Waals surface area contributed by atoms with E-state index in [1.165, 1.54) is 24.8 Å². The summed E-state index contributed by atoms with van der Waals surface area (Å²) in [7, 11) is 0.992. The first-order valence-corrected chi connectivity index (χ1v) is 15.1. The van der Waals surface area contributed by atoms with Crippen LogP contribution in [0.25, 0.3) is 0 Å². The summed E-state index contributed by atoms with van der Waals surface area (Å²) in [5.41, 5.74) is -2.74. The van der Waals surface area contributed by atoms with Gasteiger partial charge in [0.1, 0.15) is 9.75 Å². The van der Waals surface area contributed by atoms with E-state index in [0.717, 1.165) is 30.6 Å². The average molecular weight is 804 g/mol.